The van der Waals surface area contributed by atoms with E-state index in [2.05, 4.69) is 25.7 Å². The summed E-state index contributed by atoms with van der Waals surface area (Å²) in [5, 5.41) is 12.3. The molecule has 4 heterocycles. The molecule has 1 aromatic carbocycles. The van der Waals surface area contributed by atoms with Gasteiger partial charge in [0, 0.05) is 18.6 Å². The molecule has 3 aromatic heterocycles. The van der Waals surface area contributed by atoms with Gasteiger partial charge in [-0.05, 0) is 50.0 Å². The van der Waals surface area contributed by atoms with E-state index < -0.39 is 0 Å². The number of rotatable bonds is 5. The Morgan fingerprint density at radius 3 is 2.64 bits per heavy atom. The average molecular weight is 484 g/mol. The van der Waals surface area contributed by atoms with Crippen molar-refractivity contribution in [3.8, 4) is 5.69 Å². The number of anilines is 2. The van der Waals surface area contributed by atoms with Gasteiger partial charge >= 0.3 is 0 Å². The van der Waals surface area contributed by atoms with Crippen LogP contribution < -0.4 is 16.2 Å². The molecule has 0 aliphatic carbocycles. The van der Waals surface area contributed by atoms with E-state index in [0.717, 1.165) is 37.2 Å². The molecule has 1 aliphatic rings. The van der Waals surface area contributed by atoms with Crippen LogP contribution in [0.3, 0.4) is 0 Å². The number of aryl methyl sites for hydroxylation is 1. The number of hydrogen-bond acceptors (Lipinski definition) is 6. The van der Waals surface area contributed by atoms with Crippen LogP contribution in [0.2, 0.25) is 10.0 Å². The Morgan fingerprint density at radius 1 is 1.15 bits per heavy atom. The largest absolute Gasteiger partial charge is 0.321 e. The van der Waals surface area contributed by atoms with Crippen molar-refractivity contribution in [1.82, 2.24) is 29.6 Å². The van der Waals surface area contributed by atoms with Gasteiger partial charge in [0.15, 0.2) is 0 Å². The lowest BCUT2D eigenvalue weighted by molar-refractivity contribution is 0.343. The summed E-state index contributed by atoms with van der Waals surface area (Å²) in [6, 6.07) is 5.55. The molecule has 1 fully saturated rings. The van der Waals surface area contributed by atoms with Crippen LogP contribution in [-0.4, -0.2) is 37.4 Å². The van der Waals surface area contributed by atoms with Crippen LogP contribution in [0, 0.1) is 0 Å². The fourth-order valence-corrected chi connectivity index (χ4v) is 4.77. The molecule has 0 unspecified atom stereocenters. The fraction of sp³-hybridized carbons (Fsp3) is 0.304. The molecule has 170 valence electrons. The third-order valence-corrected chi connectivity index (χ3v) is 6.54. The molecular weight excluding hydrogens is 461 g/mol. The van der Waals surface area contributed by atoms with Crippen LogP contribution in [0.4, 0.5) is 11.6 Å². The summed E-state index contributed by atoms with van der Waals surface area (Å²) in [7, 11) is 0. The molecule has 1 aliphatic heterocycles. The maximum atomic E-state index is 13.3. The van der Waals surface area contributed by atoms with Gasteiger partial charge in [0.2, 0.25) is 5.95 Å². The van der Waals surface area contributed by atoms with Crippen LogP contribution in [0.15, 0.2) is 47.8 Å². The van der Waals surface area contributed by atoms with Crippen LogP contribution in [-0.2, 0) is 6.42 Å². The Labute approximate surface area is 200 Å². The van der Waals surface area contributed by atoms with Crippen molar-refractivity contribution < 1.29 is 0 Å². The minimum Gasteiger partial charge on any atom is -0.321 e. The summed E-state index contributed by atoms with van der Waals surface area (Å²) >= 11 is 12.7. The fourth-order valence-electron chi connectivity index (χ4n) is 4.20. The Bertz CT molecular complexity index is 1350. The molecule has 0 bridgehead atoms. The summed E-state index contributed by atoms with van der Waals surface area (Å²) in [5.41, 5.74) is 2.47. The third kappa shape index (κ3) is 4.21. The zero-order valence-electron chi connectivity index (χ0n) is 18.1. The lowest BCUT2D eigenvalue weighted by Gasteiger charge is -2.22. The van der Waals surface area contributed by atoms with Crippen molar-refractivity contribution in [3.63, 3.8) is 0 Å². The number of benzene rings is 1. The molecule has 1 saturated heterocycles. The van der Waals surface area contributed by atoms with E-state index in [0.29, 0.717) is 45.0 Å². The number of hydrogen-bond donors (Lipinski definition) is 2. The second kappa shape index (κ2) is 9.13. The Balaban J connectivity index is 1.51. The van der Waals surface area contributed by atoms with Gasteiger partial charge in [0.25, 0.3) is 5.56 Å². The molecule has 0 atom stereocenters. The minimum atomic E-state index is -0.275. The van der Waals surface area contributed by atoms with Crippen molar-refractivity contribution in [3.05, 3.63) is 68.9 Å². The van der Waals surface area contributed by atoms with Crippen molar-refractivity contribution in [2.75, 3.05) is 18.4 Å². The highest BCUT2D eigenvalue weighted by molar-refractivity contribution is 6.37. The quantitative estimate of drug-likeness (QED) is 0.433. The van der Waals surface area contributed by atoms with E-state index in [4.69, 9.17) is 23.2 Å². The molecule has 0 amide bonds. The lowest BCUT2D eigenvalue weighted by atomic mass is 10.1. The summed E-state index contributed by atoms with van der Waals surface area (Å²) in [6.07, 6.45) is 9.82. The second-order valence-corrected chi connectivity index (χ2v) is 8.84. The Kier molecular flexibility index (Phi) is 6.05. The van der Waals surface area contributed by atoms with E-state index in [1.54, 1.807) is 36.8 Å². The monoisotopic (exact) mass is 483 g/mol. The molecule has 5 rings (SSSR count). The predicted molar refractivity (Wildman–Crippen MR) is 131 cm³/mol. The SMILES string of the molecule is CCc1cn(-c2c(Cl)cccc2Cl)c(=O)c2cnc(Nc3cnn(C4CCNCC4)c3)nc12. The first-order valence-corrected chi connectivity index (χ1v) is 11.7. The van der Waals surface area contributed by atoms with Crippen LogP contribution in [0.25, 0.3) is 16.6 Å². The molecule has 33 heavy (non-hydrogen) atoms. The third-order valence-electron chi connectivity index (χ3n) is 5.93. The van der Waals surface area contributed by atoms with Gasteiger partial charge in [0.1, 0.15) is 0 Å². The maximum Gasteiger partial charge on any atom is 0.266 e. The number of halogens is 2. The van der Waals surface area contributed by atoms with Crippen molar-refractivity contribution >= 4 is 45.7 Å². The smallest absolute Gasteiger partial charge is 0.266 e. The summed E-state index contributed by atoms with van der Waals surface area (Å²) in [6.45, 7) is 4.01. The molecule has 8 nitrogen and oxygen atoms in total. The van der Waals surface area contributed by atoms with Gasteiger partial charge in [-0.25, -0.2) is 9.97 Å². The maximum absolute atomic E-state index is 13.3. The van der Waals surface area contributed by atoms with Crippen molar-refractivity contribution in [1.29, 1.82) is 0 Å². The number of pyridine rings is 1. The predicted octanol–water partition coefficient (Wildman–Crippen LogP) is 4.51. The number of nitrogens with one attached hydrogen (secondary N) is 2. The van der Waals surface area contributed by atoms with Crippen molar-refractivity contribution in [2.24, 2.45) is 0 Å². The van der Waals surface area contributed by atoms with E-state index in [1.165, 1.54) is 4.57 Å². The van der Waals surface area contributed by atoms with Gasteiger partial charge in [-0.2, -0.15) is 5.10 Å². The first-order chi connectivity index (χ1) is 16.0. The highest BCUT2D eigenvalue weighted by atomic mass is 35.5. The molecule has 2 N–H and O–H groups in total. The number of aromatic nitrogens is 5. The lowest BCUT2D eigenvalue weighted by Crippen LogP contribution is -2.29. The van der Waals surface area contributed by atoms with E-state index in [1.807, 2.05) is 17.8 Å². The normalized spacial score (nSPS) is 14.6. The number of para-hydroxylation sites is 1. The summed E-state index contributed by atoms with van der Waals surface area (Å²) in [5.74, 6) is 0.412. The molecule has 0 spiro atoms. The molecular formula is C23H23Cl2N7O. The number of piperidine rings is 1. The van der Waals surface area contributed by atoms with Crippen LogP contribution in [0.5, 0.6) is 0 Å². The zero-order chi connectivity index (χ0) is 22.9. The highest BCUT2D eigenvalue weighted by Crippen LogP contribution is 2.29. The van der Waals surface area contributed by atoms with E-state index in [-0.39, 0.29) is 5.56 Å². The molecule has 10 heteroatoms. The second-order valence-electron chi connectivity index (χ2n) is 8.02. The molecule has 0 saturated carbocycles. The molecule has 0 radical (unpaired) electrons. The van der Waals surface area contributed by atoms with E-state index in [9.17, 15) is 4.79 Å². The van der Waals surface area contributed by atoms with Gasteiger partial charge in [-0.15, -0.1) is 0 Å². The Hall–Kier alpha value is -2.94. The first kappa shape index (κ1) is 21.9. The minimum absolute atomic E-state index is 0.275. The zero-order valence-corrected chi connectivity index (χ0v) is 19.6. The van der Waals surface area contributed by atoms with Crippen LogP contribution in [0.1, 0.15) is 31.4 Å². The Morgan fingerprint density at radius 2 is 1.91 bits per heavy atom. The first-order valence-electron chi connectivity index (χ1n) is 10.9. The van der Waals surface area contributed by atoms with Gasteiger partial charge in [-0.3, -0.25) is 14.0 Å². The topological polar surface area (TPSA) is 89.7 Å². The highest BCUT2D eigenvalue weighted by Gasteiger charge is 2.18. The number of fused-ring (bicyclic) bond motifs is 1. The molecule has 4 aromatic rings. The van der Waals surface area contributed by atoms with Crippen molar-refractivity contribution in [2.45, 2.75) is 32.2 Å². The number of nitrogens with zero attached hydrogens (tertiary/aromatic N) is 5. The summed E-state index contributed by atoms with van der Waals surface area (Å²) < 4.78 is 3.47. The standard InChI is InChI=1S/C23H23Cl2N7O/c1-2-14-12-31(21-18(24)4-3-5-19(21)25)22(33)17-11-27-23(30-20(14)17)29-15-10-28-32(13-15)16-6-8-26-9-7-16/h3-5,10-13,16,26H,2,6-9H2,1H3,(H,27,29,30). The van der Waals surface area contributed by atoms with E-state index >= 15 is 0 Å². The van der Waals surface area contributed by atoms with Gasteiger partial charge < -0.3 is 10.6 Å². The van der Waals surface area contributed by atoms with Crippen LogP contribution >= 0.6 is 23.2 Å². The summed E-state index contributed by atoms with van der Waals surface area (Å²) in [4.78, 5) is 22.3. The van der Waals surface area contributed by atoms with Gasteiger partial charge in [0.05, 0.1) is 44.6 Å². The van der Waals surface area contributed by atoms with Gasteiger partial charge in [-0.1, -0.05) is 36.2 Å². The average Bonchev–Trinajstić information content (AvgIpc) is 3.29.